The van der Waals surface area contributed by atoms with Gasteiger partial charge in [0.05, 0.1) is 11.4 Å². The van der Waals surface area contributed by atoms with E-state index in [1.54, 1.807) is 36.5 Å². The Morgan fingerprint density at radius 2 is 1.78 bits per heavy atom. The van der Waals surface area contributed by atoms with Gasteiger partial charge in [-0.15, -0.1) is 0 Å². The molecule has 1 aliphatic rings. The van der Waals surface area contributed by atoms with E-state index in [4.69, 9.17) is 17.0 Å². The summed E-state index contributed by atoms with van der Waals surface area (Å²) in [6.45, 7) is 4.11. The molecule has 1 aliphatic heterocycles. The van der Waals surface area contributed by atoms with Crippen molar-refractivity contribution in [3.8, 4) is 11.6 Å². The third-order valence-electron chi connectivity index (χ3n) is 5.55. The standard InChI is InChI=1S/C27H20FN3O3S2/c1-16-11-17(2)13-20(12-16)34-24-21(25(32)30-10-4-3-5-23(30)29-24)14-22-26(33)31(27(35)36-22)15-18-6-8-19(28)9-7-18/h3-14H,15H2,1-2H3/b22-14+. The quantitative estimate of drug-likeness (QED) is 0.252. The predicted octanol–water partition coefficient (Wildman–Crippen LogP) is 5.64. The first-order valence-corrected chi connectivity index (χ1v) is 12.3. The summed E-state index contributed by atoms with van der Waals surface area (Å²) in [5.74, 6) is -0.0629. The zero-order valence-corrected chi connectivity index (χ0v) is 21.0. The van der Waals surface area contributed by atoms with Crippen LogP contribution in [0.1, 0.15) is 22.3 Å². The first-order chi connectivity index (χ1) is 17.3. The Kier molecular flexibility index (Phi) is 6.42. The first-order valence-electron chi connectivity index (χ1n) is 11.1. The minimum atomic E-state index is -0.372. The van der Waals surface area contributed by atoms with Crippen molar-refractivity contribution in [2.45, 2.75) is 20.4 Å². The molecule has 0 atom stereocenters. The maximum absolute atomic E-state index is 13.4. The molecule has 1 fully saturated rings. The summed E-state index contributed by atoms with van der Waals surface area (Å²) in [5.41, 5.74) is 2.93. The van der Waals surface area contributed by atoms with Crippen LogP contribution in [0, 0.1) is 19.7 Å². The second-order valence-electron chi connectivity index (χ2n) is 8.38. The van der Waals surface area contributed by atoms with Gasteiger partial charge in [-0.1, -0.05) is 48.2 Å². The third kappa shape index (κ3) is 4.80. The van der Waals surface area contributed by atoms with E-state index in [9.17, 15) is 14.0 Å². The summed E-state index contributed by atoms with van der Waals surface area (Å²) >= 11 is 6.53. The molecule has 0 N–H and O–H groups in total. The van der Waals surface area contributed by atoms with Gasteiger partial charge >= 0.3 is 0 Å². The van der Waals surface area contributed by atoms with Crippen LogP contribution in [0.4, 0.5) is 4.39 Å². The Labute approximate surface area is 216 Å². The van der Waals surface area contributed by atoms with Gasteiger partial charge in [-0.05, 0) is 73.0 Å². The number of fused-ring (bicyclic) bond motifs is 1. The fraction of sp³-hybridized carbons (Fsp3) is 0.111. The number of halogens is 1. The molecule has 0 saturated carbocycles. The van der Waals surface area contributed by atoms with E-state index in [0.717, 1.165) is 28.5 Å². The zero-order valence-electron chi connectivity index (χ0n) is 19.4. The highest BCUT2D eigenvalue weighted by molar-refractivity contribution is 8.26. The van der Waals surface area contributed by atoms with Crippen LogP contribution >= 0.6 is 24.0 Å². The van der Waals surface area contributed by atoms with E-state index >= 15 is 0 Å². The fourth-order valence-electron chi connectivity index (χ4n) is 3.93. The van der Waals surface area contributed by atoms with Crippen LogP contribution in [0.2, 0.25) is 0 Å². The van der Waals surface area contributed by atoms with Crippen molar-refractivity contribution in [1.82, 2.24) is 14.3 Å². The van der Waals surface area contributed by atoms with Gasteiger partial charge in [0.15, 0.2) is 0 Å². The molecule has 9 heteroatoms. The number of hydrogen-bond donors (Lipinski definition) is 0. The lowest BCUT2D eigenvalue weighted by atomic mass is 10.1. The van der Waals surface area contributed by atoms with Gasteiger partial charge in [-0.3, -0.25) is 18.9 Å². The number of nitrogens with zero attached hydrogens (tertiary/aromatic N) is 3. The van der Waals surface area contributed by atoms with E-state index in [1.165, 1.54) is 27.5 Å². The zero-order chi connectivity index (χ0) is 25.4. The van der Waals surface area contributed by atoms with Crippen molar-refractivity contribution < 1.29 is 13.9 Å². The third-order valence-corrected chi connectivity index (χ3v) is 6.92. The number of thioether (sulfide) groups is 1. The summed E-state index contributed by atoms with van der Waals surface area (Å²) in [6.07, 6.45) is 3.10. The minimum absolute atomic E-state index is 0.0972. The van der Waals surface area contributed by atoms with E-state index in [0.29, 0.717) is 15.7 Å². The lowest BCUT2D eigenvalue weighted by molar-refractivity contribution is -0.122. The molecule has 4 aromatic rings. The Morgan fingerprint density at radius 3 is 2.50 bits per heavy atom. The van der Waals surface area contributed by atoms with Gasteiger partial charge in [-0.2, -0.15) is 4.98 Å². The predicted molar refractivity (Wildman–Crippen MR) is 143 cm³/mol. The number of aromatic nitrogens is 2. The highest BCUT2D eigenvalue weighted by atomic mass is 32.2. The highest BCUT2D eigenvalue weighted by Crippen LogP contribution is 2.35. The molecule has 6 nitrogen and oxygen atoms in total. The molecule has 2 aromatic heterocycles. The second kappa shape index (κ2) is 9.67. The number of amides is 1. The van der Waals surface area contributed by atoms with Crippen LogP contribution in [0.25, 0.3) is 11.7 Å². The number of rotatable bonds is 5. The molecular formula is C27H20FN3O3S2. The molecule has 0 radical (unpaired) electrons. The summed E-state index contributed by atoms with van der Waals surface area (Å²) < 4.78 is 21.1. The van der Waals surface area contributed by atoms with Crippen molar-refractivity contribution in [2.75, 3.05) is 0 Å². The van der Waals surface area contributed by atoms with Crippen molar-refractivity contribution in [3.05, 3.63) is 110 Å². The molecule has 0 unspecified atom stereocenters. The van der Waals surface area contributed by atoms with Gasteiger partial charge in [0, 0.05) is 6.20 Å². The van der Waals surface area contributed by atoms with Gasteiger partial charge in [0.1, 0.15) is 27.1 Å². The maximum Gasteiger partial charge on any atom is 0.269 e. The van der Waals surface area contributed by atoms with Crippen LogP contribution in [-0.4, -0.2) is 24.5 Å². The largest absolute Gasteiger partial charge is 0.438 e. The molecule has 180 valence electrons. The van der Waals surface area contributed by atoms with Crippen molar-refractivity contribution in [2.24, 2.45) is 0 Å². The number of hydrogen-bond acceptors (Lipinski definition) is 6. The molecule has 0 spiro atoms. The van der Waals surface area contributed by atoms with E-state index < -0.39 is 0 Å². The summed E-state index contributed by atoms with van der Waals surface area (Å²) in [4.78, 5) is 33.0. The van der Waals surface area contributed by atoms with Gasteiger partial charge in [0.25, 0.3) is 11.5 Å². The van der Waals surface area contributed by atoms with Crippen LogP contribution in [0.3, 0.4) is 0 Å². The molecule has 0 aliphatic carbocycles. The SMILES string of the molecule is Cc1cc(C)cc(Oc2nc3ccccn3c(=O)c2/C=C2/SC(=S)N(Cc3ccc(F)cc3)C2=O)c1. The molecule has 3 heterocycles. The Bertz CT molecular complexity index is 1590. The number of thiocarbonyl (C=S) groups is 1. The van der Waals surface area contributed by atoms with Crippen molar-refractivity contribution >= 4 is 45.9 Å². The number of benzene rings is 2. The van der Waals surface area contributed by atoms with Crippen LogP contribution in [0.15, 0.2) is 76.6 Å². The lowest BCUT2D eigenvalue weighted by Crippen LogP contribution is -2.27. The number of carbonyl (C=O) groups excluding carboxylic acids is 1. The Morgan fingerprint density at radius 1 is 1.06 bits per heavy atom. The molecule has 1 saturated heterocycles. The minimum Gasteiger partial charge on any atom is -0.438 e. The van der Waals surface area contributed by atoms with Crippen LogP contribution < -0.4 is 10.3 Å². The first kappa shape index (κ1) is 23.9. The average Bonchev–Trinajstić information content (AvgIpc) is 3.09. The summed E-state index contributed by atoms with van der Waals surface area (Å²) in [7, 11) is 0. The van der Waals surface area contributed by atoms with Gasteiger partial charge < -0.3 is 4.74 Å². The van der Waals surface area contributed by atoms with Crippen LogP contribution in [-0.2, 0) is 11.3 Å². The monoisotopic (exact) mass is 517 g/mol. The molecular weight excluding hydrogens is 497 g/mol. The number of pyridine rings is 1. The van der Waals surface area contributed by atoms with Crippen molar-refractivity contribution in [3.63, 3.8) is 0 Å². The summed E-state index contributed by atoms with van der Waals surface area (Å²) in [5, 5.41) is 0. The van der Waals surface area contributed by atoms with E-state index in [2.05, 4.69) is 4.98 Å². The molecule has 1 amide bonds. The van der Waals surface area contributed by atoms with Gasteiger partial charge in [-0.25, -0.2) is 4.39 Å². The fourth-order valence-corrected chi connectivity index (χ4v) is 5.16. The van der Waals surface area contributed by atoms with Crippen molar-refractivity contribution in [1.29, 1.82) is 0 Å². The maximum atomic E-state index is 13.4. The molecule has 5 rings (SSSR count). The van der Waals surface area contributed by atoms with E-state index in [-0.39, 0.29) is 40.2 Å². The Hall–Kier alpha value is -3.82. The molecule has 36 heavy (non-hydrogen) atoms. The topological polar surface area (TPSA) is 63.9 Å². The Balaban J connectivity index is 1.56. The number of carbonyl (C=O) groups is 1. The summed E-state index contributed by atoms with van der Waals surface area (Å²) in [6, 6.07) is 16.8. The number of aryl methyl sites for hydroxylation is 2. The van der Waals surface area contributed by atoms with E-state index in [1.807, 2.05) is 32.0 Å². The normalized spacial score (nSPS) is 14.8. The smallest absolute Gasteiger partial charge is 0.269 e. The molecule has 0 bridgehead atoms. The lowest BCUT2D eigenvalue weighted by Gasteiger charge is -2.14. The number of ether oxygens (including phenoxy) is 1. The highest BCUT2D eigenvalue weighted by Gasteiger charge is 2.33. The van der Waals surface area contributed by atoms with Crippen LogP contribution in [0.5, 0.6) is 11.6 Å². The average molecular weight is 518 g/mol. The second-order valence-corrected chi connectivity index (χ2v) is 10.1. The molecule has 2 aromatic carbocycles. The van der Waals surface area contributed by atoms with Gasteiger partial charge in [0.2, 0.25) is 5.88 Å².